The molecule has 0 bridgehead atoms. The second kappa shape index (κ2) is 19.7. The molecule has 8 rings (SSSR count). The van der Waals surface area contributed by atoms with E-state index in [9.17, 15) is 32.6 Å². The molecule has 3 amide bonds. The molecule has 1 unspecified atom stereocenters. The largest absolute Gasteiger partial charge is 0.495 e. The maximum absolute atomic E-state index is 15.0. The fourth-order valence-corrected chi connectivity index (χ4v) is 13.0. The molecule has 2 aromatic heterocycles. The Labute approximate surface area is 388 Å². The van der Waals surface area contributed by atoms with Gasteiger partial charge in [-0.25, -0.2) is 23.5 Å². The van der Waals surface area contributed by atoms with Gasteiger partial charge in [0.05, 0.1) is 35.5 Å². The van der Waals surface area contributed by atoms with E-state index in [2.05, 4.69) is 31.9 Å². The molecule has 4 aromatic rings. The van der Waals surface area contributed by atoms with Gasteiger partial charge in [-0.05, 0) is 105 Å². The number of fused-ring (bicyclic) bond motifs is 3. The summed E-state index contributed by atoms with van der Waals surface area (Å²) in [6.07, 6.45) is 7.36. The van der Waals surface area contributed by atoms with Crippen molar-refractivity contribution in [1.82, 2.24) is 25.5 Å². The zero-order chi connectivity index (χ0) is 46.0. The number of anilines is 1. The molecule has 2 saturated carbocycles. The number of pyridine rings is 1. The fourth-order valence-electron chi connectivity index (χ4n) is 9.17. The number of allylic oxidation sites excluding steroid dienone is 1. The van der Waals surface area contributed by atoms with Crippen LogP contribution in [0.5, 0.6) is 11.5 Å². The van der Waals surface area contributed by atoms with E-state index in [1.165, 1.54) is 22.3 Å². The first kappa shape index (κ1) is 46.9. The molecule has 6 atom stereocenters. The summed E-state index contributed by atoms with van der Waals surface area (Å²) in [5.74, 6) is -2.88. The third-order valence-corrected chi connectivity index (χ3v) is 16.8. The first-order chi connectivity index (χ1) is 31.2. The van der Waals surface area contributed by atoms with Crippen LogP contribution in [0.25, 0.3) is 22.3 Å². The van der Waals surface area contributed by atoms with Crippen LogP contribution < -0.4 is 25.4 Å². The third kappa shape index (κ3) is 10.2. The molecule has 0 radical (unpaired) electrons. The van der Waals surface area contributed by atoms with Crippen molar-refractivity contribution in [3.63, 3.8) is 0 Å². The molecule has 4 aliphatic rings. The molecule has 14 nitrogen and oxygen atoms in total. The first-order valence-corrected chi connectivity index (χ1v) is 25.8. The standard InChI is InChI=1S/C46H54BrF2N6O8PS/c1-26(2)50-44-52-36(25-65-44)35-21-39(30-18-19-38(61-3)40(47)41(30)51-35)62-29-20-37-42(56)54-46(64(59,60)24-31-32(48)15-11-16-33(31)49)22-27(46)12-7-5-4-6-8-17-34(43(57)55(37)23-29)53-45(58)63-28-13-9-10-14-28/h7,11-12,15-16,18-19,21,25-29,34,37H,4-6,8-10,13-14,17,20,22-24H2,1-3H3,(H,50,52)(H,53,58)(H,54,56)(H,59,60)/b12-7-/t27-,29-,34+,37+,46+/m1/s1. The van der Waals surface area contributed by atoms with Crippen molar-refractivity contribution in [3.05, 3.63) is 75.6 Å². The van der Waals surface area contributed by atoms with E-state index in [4.69, 9.17) is 24.2 Å². The molecule has 4 heterocycles. The minimum atomic E-state index is -4.60. The quantitative estimate of drug-likeness (QED) is 0.0830. The van der Waals surface area contributed by atoms with Gasteiger partial charge in [-0.15, -0.1) is 11.3 Å². The van der Waals surface area contributed by atoms with E-state index in [0.717, 1.165) is 44.2 Å². The molecule has 65 heavy (non-hydrogen) atoms. The van der Waals surface area contributed by atoms with Gasteiger partial charge in [0, 0.05) is 40.8 Å². The Morgan fingerprint density at radius 2 is 1.80 bits per heavy atom. The Balaban J connectivity index is 1.15. The van der Waals surface area contributed by atoms with Gasteiger partial charge in [-0.2, -0.15) is 0 Å². The van der Waals surface area contributed by atoms with E-state index in [1.54, 1.807) is 25.3 Å². The van der Waals surface area contributed by atoms with Crippen molar-refractivity contribution in [3.8, 4) is 22.9 Å². The van der Waals surface area contributed by atoms with E-state index < -0.39 is 78.0 Å². The molecule has 0 spiro atoms. The number of carbonyl (C=O) groups excluding carboxylic acids is 3. The average Bonchev–Trinajstić information content (AvgIpc) is 3.68. The van der Waals surface area contributed by atoms with E-state index >= 15 is 0 Å². The van der Waals surface area contributed by atoms with Gasteiger partial charge in [-0.3, -0.25) is 14.2 Å². The summed E-state index contributed by atoms with van der Waals surface area (Å²) in [4.78, 5) is 66.0. The molecule has 3 fully saturated rings. The summed E-state index contributed by atoms with van der Waals surface area (Å²) in [7, 11) is -3.05. The summed E-state index contributed by atoms with van der Waals surface area (Å²) >= 11 is 5.09. The Bertz CT molecular complexity index is 2500. The van der Waals surface area contributed by atoms with Crippen LogP contribution >= 0.6 is 34.6 Å². The number of nitrogens with zero attached hydrogens (tertiary/aromatic N) is 3. The highest BCUT2D eigenvalue weighted by Crippen LogP contribution is 2.71. The van der Waals surface area contributed by atoms with Crippen LogP contribution in [0.1, 0.15) is 90.0 Å². The third-order valence-electron chi connectivity index (χ3n) is 12.7. The number of halogens is 3. The maximum Gasteiger partial charge on any atom is 0.408 e. The number of hydrogen-bond donors (Lipinski definition) is 4. The van der Waals surface area contributed by atoms with Crippen LogP contribution in [0.4, 0.5) is 18.7 Å². The number of thiazole rings is 1. The summed E-state index contributed by atoms with van der Waals surface area (Å²) in [6, 6.07) is 6.42. The zero-order valence-corrected chi connectivity index (χ0v) is 39.8. The van der Waals surface area contributed by atoms with E-state index in [0.29, 0.717) is 62.7 Å². The highest BCUT2D eigenvalue weighted by molar-refractivity contribution is 9.10. The van der Waals surface area contributed by atoms with Gasteiger partial charge in [-0.1, -0.05) is 31.1 Å². The lowest BCUT2D eigenvalue weighted by atomic mass is 10.0. The second-order valence-electron chi connectivity index (χ2n) is 17.7. The first-order valence-electron chi connectivity index (χ1n) is 22.2. The van der Waals surface area contributed by atoms with Crippen molar-refractivity contribution in [2.24, 2.45) is 5.92 Å². The van der Waals surface area contributed by atoms with Gasteiger partial charge in [0.2, 0.25) is 19.2 Å². The Kier molecular flexibility index (Phi) is 14.2. The molecule has 2 aliphatic heterocycles. The SMILES string of the molecule is COc1ccc2c(O[C@@H]3C[C@H]4C(=O)N[C@]5(P(=O)(O)Cc6c(F)cccc6F)C[C@H]5/C=C\CCCCC[C@H](NC(=O)OC5CCCC5)C(=O)N4C3)cc(-c3csc(NC(C)C)n3)nc2c1Br. The van der Waals surface area contributed by atoms with Crippen molar-refractivity contribution in [1.29, 1.82) is 0 Å². The van der Waals surface area contributed by atoms with Gasteiger partial charge >= 0.3 is 6.09 Å². The van der Waals surface area contributed by atoms with Crippen LogP contribution in [-0.2, 0) is 25.1 Å². The van der Waals surface area contributed by atoms with Gasteiger partial charge in [0.1, 0.15) is 58.4 Å². The Hall–Kier alpha value is -4.64. The number of aromatic nitrogens is 2. The molecular formula is C46H54BrF2N6O8PS. The summed E-state index contributed by atoms with van der Waals surface area (Å²) in [5.41, 5.74) is 1.07. The lowest BCUT2D eigenvalue weighted by molar-refractivity contribution is -0.140. The second-order valence-corrected chi connectivity index (χ2v) is 21.8. The summed E-state index contributed by atoms with van der Waals surface area (Å²) < 4.78 is 63.1. The number of hydrogen-bond acceptors (Lipinski definition) is 11. The predicted octanol–water partition coefficient (Wildman–Crippen LogP) is 9.44. The molecule has 348 valence electrons. The number of rotatable bonds is 11. The lowest BCUT2D eigenvalue weighted by Gasteiger charge is -2.31. The molecule has 2 aliphatic carbocycles. The average molecular weight is 1000 g/mol. The minimum absolute atomic E-state index is 0.0410. The van der Waals surface area contributed by atoms with Crippen LogP contribution in [0.2, 0.25) is 0 Å². The molecule has 19 heteroatoms. The number of ether oxygens (including phenoxy) is 3. The van der Waals surface area contributed by atoms with Crippen molar-refractivity contribution < 1.29 is 46.8 Å². The highest BCUT2D eigenvalue weighted by Gasteiger charge is 2.66. The van der Waals surface area contributed by atoms with Gasteiger partial charge in [0.15, 0.2) is 5.13 Å². The van der Waals surface area contributed by atoms with Crippen LogP contribution in [0.3, 0.4) is 0 Å². The predicted molar refractivity (Wildman–Crippen MR) is 247 cm³/mol. The number of amides is 3. The zero-order valence-electron chi connectivity index (χ0n) is 36.5. The van der Waals surface area contributed by atoms with E-state index in [-0.39, 0.29) is 38.0 Å². The minimum Gasteiger partial charge on any atom is -0.495 e. The van der Waals surface area contributed by atoms with Gasteiger partial charge in [0.25, 0.3) is 0 Å². The fraction of sp³-hybridized carbons (Fsp3) is 0.500. The number of nitrogens with one attached hydrogen (secondary N) is 3. The number of methoxy groups -OCH3 is 1. The van der Waals surface area contributed by atoms with Crippen LogP contribution in [-0.4, -0.2) is 86.9 Å². The number of alkyl carbamates (subject to hydrolysis) is 1. The Morgan fingerprint density at radius 3 is 2.54 bits per heavy atom. The summed E-state index contributed by atoms with van der Waals surface area (Å²) in [5, 5.41) is 10.4. The monoisotopic (exact) mass is 998 g/mol. The number of carbonyl (C=O) groups is 3. The molecule has 1 saturated heterocycles. The van der Waals surface area contributed by atoms with Crippen molar-refractivity contribution in [2.75, 3.05) is 19.0 Å². The van der Waals surface area contributed by atoms with Crippen molar-refractivity contribution in [2.45, 2.75) is 126 Å². The molecule has 2 aromatic carbocycles. The smallest absolute Gasteiger partial charge is 0.408 e. The number of benzene rings is 2. The highest BCUT2D eigenvalue weighted by atomic mass is 79.9. The molecular weight excluding hydrogens is 945 g/mol. The van der Waals surface area contributed by atoms with Crippen LogP contribution in [0.15, 0.2) is 58.4 Å². The molecule has 4 N–H and O–H groups in total. The normalized spacial score (nSPS) is 25.4. The van der Waals surface area contributed by atoms with Crippen molar-refractivity contribution >= 4 is 68.6 Å². The lowest BCUT2D eigenvalue weighted by Crippen LogP contribution is -2.55. The topological polar surface area (TPSA) is 181 Å². The maximum atomic E-state index is 15.0. The van der Waals surface area contributed by atoms with E-state index in [1.807, 2.05) is 31.4 Å². The summed E-state index contributed by atoms with van der Waals surface area (Å²) in [6.45, 7) is 3.94. The van der Waals surface area contributed by atoms with Crippen LogP contribution in [0, 0.1) is 17.6 Å². The Morgan fingerprint density at radius 1 is 1.05 bits per heavy atom. The van der Waals surface area contributed by atoms with Gasteiger partial charge < -0.3 is 40.0 Å².